The third-order valence-corrected chi connectivity index (χ3v) is 4.61. The number of ether oxygens (including phenoxy) is 1. The van der Waals surface area contributed by atoms with Crippen molar-refractivity contribution in [1.29, 1.82) is 0 Å². The average Bonchev–Trinajstić information content (AvgIpc) is 2.81. The molecule has 1 heterocycles. The van der Waals surface area contributed by atoms with Gasteiger partial charge in [0.1, 0.15) is 12.8 Å². The van der Waals surface area contributed by atoms with Gasteiger partial charge in [-0.1, -0.05) is 6.92 Å². The number of cyclic esters (lactones) is 1. The monoisotopic (exact) mass is 347 g/mol. The van der Waals surface area contributed by atoms with E-state index in [0.717, 1.165) is 12.1 Å². The lowest BCUT2D eigenvalue weighted by Crippen LogP contribution is -2.48. The lowest BCUT2D eigenvalue weighted by Gasteiger charge is -2.36. The molecule has 0 radical (unpaired) electrons. The molecule has 0 unspecified atom stereocenters. The Morgan fingerprint density at radius 2 is 1.83 bits per heavy atom. The van der Waals surface area contributed by atoms with E-state index < -0.39 is 42.2 Å². The number of benzene rings is 1. The zero-order valence-corrected chi connectivity index (χ0v) is 14.1. The van der Waals surface area contributed by atoms with Crippen molar-refractivity contribution in [1.82, 2.24) is 4.90 Å². The molecule has 0 N–H and O–H groups in total. The third kappa shape index (κ3) is 3.35. The molecule has 1 saturated heterocycles. The number of rotatable bonds is 4. The van der Waals surface area contributed by atoms with Crippen LogP contribution >= 0.6 is 0 Å². The predicted octanol–water partition coefficient (Wildman–Crippen LogP) is 5.25. The fourth-order valence-corrected chi connectivity index (χ4v) is 3.00. The van der Waals surface area contributed by atoms with Gasteiger partial charge in [-0.3, -0.25) is 4.90 Å². The quantitative estimate of drug-likeness (QED) is 0.697. The summed E-state index contributed by atoms with van der Waals surface area (Å²) in [6, 6.07) is 2.57. The van der Waals surface area contributed by atoms with Crippen molar-refractivity contribution in [2.45, 2.75) is 64.7 Å². The van der Waals surface area contributed by atoms with E-state index in [4.69, 9.17) is 4.74 Å². The number of hydrogen-bond acceptors (Lipinski definition) is 2. The highest BCUT2D eigenvalue weighted by molar-refractivity contribution is 5.72. The number of nitrogens with zero attached hydrogens (tertiary/aromatic N) is 1. The zero-order valence-electron chi connectivity index (χ0n) is 14.1. The molecule has 0 spiro atoms. The highest BCUT2D eigenvalue weighted by Gasteiger charge is 2.46. The van der Waals surface area contributed by atoms with Crippen molar-refractivity contribution in [3.05, 3.63) is 34.9 Å². The normalized spacial score (nSPS) is 22.0. The summed E-state index contributed by atoms with van der Waals surface area (Å²) in [5.74, 6) is 0. The molecule has 1 aliphatic rings. The molecule has 1 aromatic carbocycles. The lowest BCUT2D eigenvalue weighted by atomic mass is 9.94. The molecular weight excluding hydrogens is 326 g/mol. The fourth-order valence-electron chi connectivity index (χ4n) is 3.00. The van der Waals surface area contributed by atoms with Gasteiger partial charge in [-0.25, -0.2) is 9.18 Å². The molecule has 1 amide bonds. The van der Waals surface area contributed by atoms with Crippen LogP contribution in [0.5, 0.6) is 0 Å². The third-order valence-electron chi connectivity index (χ3n) is 4.61. The van der Waals surface area contributed by atoms with Crippen molar-refractivity contribution in [2.75, 3.05) is 0 Å². The molecule has 24 heavy (non-hydrogen) atoms. The summed E-state index contributed by atoms with van der Waals surface area (Å²) in [4.78, 5) is 13.8. The van der Waals surface area contributed by atoms with Crippen molar-refractivity contribution < 1.29 is 27.1 Å². The second-order valence-corrected chi connectivity index (χ2v) is 6.68. The molecule has 1 fully saturated rings. The first kappa shape index (κ1) is 18.5. The number of alkyl halides is 4. The zero-order chi connectivity index (χ0) is 18.3. The van der Waals surface area contributed by atoms with E-state index in [1.54, 1.807) is 6.92 Å². The summed E-state index contributed by atoms with van der Waals surface area (Å²) in [7, 11) is 0. The molecule has 3 nitrogen and oxygen atoms in total. The minimum absolute atomic E-state index is 0.0868. The average molecular weight is 347 g/mol. The number of carbonyl (C=O) groups excluding carboxylic acids is 1. The van der Waals surface area contributed by atoms with Crippen LogP contribution in [0, 0.1) is 0 Å². The SMILES string of the molecule is CCC(C)(C)N1C(=O)O[C@@H](c2cc(CF)cc(C(F)(F)F)c2)[C@@H]1C. The van der Waals surface area contributed by atoms with E-state index in [2.05, 4.69) is 0 Å². The van der Waals surface area contributed by atoms with Gasteiger partial charge in [-0.05, 0) is 56.5 Å². The first-order chi connectivity index (χ1) is 11.0. The lowest BCUT2D eigenvalue weighted by molar-refractivity contribution is -0.137. The van der Waals surface area contributed by atoms with Crippen LogP contribution < -0.4 is 0 Å². The van der Waals surface area contributed by atoms with Crippen LogP contribution in [-0.4, -0.2) is 22.6 Å². The maximum atomic E-state index is 13.0. The standard InChI is InChI=1S/C17H21F4NO2/c1-5-16(3,4)22-10(2)14(24-15(22)23)12-6-11(9-18)7-13(8-12)17(19,20)21/h6-8,10,14H,5,9H2,1-4H3/t10-,14+/m0/s1. The minimum atomic E-state index is -4.59. The molecule has 2 rings (SSSR count). The van der Waals surface area contributed by atoms with E-state index in [0.29, 0.717) is 6.42 Å². The maximum absolute atomic E-state index is 13.0. The molecule has 1 aromatic rings. The summed E-state index contributed by atoms with van der Waals surface area (Å²) in [6.45, 7) is 6.36. The highest BCUT2D eigenvalue weighted by Crippen LogP contribution is 2.40. The molecule has 134 valence electrons. The number of halogens is 4. The van der Waals surface area contributed by atoms with Crippen LogP contribution in [0.1, 0.15) is 56.9 Å². The van der Waals surface area contributed by atoms with Crippen molar-refractivity contribution in [3.8, 4) is 0 Å². The Balaban J connectivity index is 2.44. The van der Waals surface area contributed by atoms with Crippen LogP contribution in [0.3, 0.4) is 0 Å². The van der Waals surface area contributed by atoms with Gasteiger partial charge in [0.25, 0.3) is 0 Å². The van der Waals surface area contributed by atoms with Crippen molar-refractivity contribution in [3.63, 3.8) is 0 Å². The van der Waals surface area contributed by atoms with Gasteiger partial charge < -0.3 is 4.74 Å². The van der Waals surface area contributed by atoms with Crippen molar-refractivity contribution in [2.24, 2.45) is 0 Å². The van der Waals surface area contributed by atoms with Crippen LogP contribution in [-0.2, 0) is 17.6 Å². The number of hydrogen-bond donors (Lipinski definition) is 0. The number of carbonyl (C=O) groups is 1. The first-order valence-corrected chi connectivity index (χ1v) is 7.78. The number of amides is 1. The Bertz CT molecular complexity index is 628. The van der Waals surface area contributed by atoms with Crippen LogP contribution in [0.15, 0.2) is 18.2 Å². The highest BCUT2D eigenvalue weighted by atomic mass is 19.4. The van der Waals surface area contributed by atoms with Gasteiger partial charge in [0.2, 0.25) is 0 Å². The second-order valence-electron chi connectivity index (χ2n) is 6.68. The summed E-state index contributed by atoms with van der Waals surface area (Å²) >= 11 is 0. The Morgan fingerprint density at radius 1 is 1.21 bits per heavy atom. The van der Waals surface area contributed by atoms with Gasteiger partial charge in [-0.15, -0.1) is 0 Å². The molecule has 0 saturated carbocycles. The van der Waals surface area contributed by atoms with E-state index in [9.17, 15) is 22.4 Å². The van der Waals surface area contributed by atoms with E-state index in [1.807, 2.05) is 20.8 Å². The second kappa shape index (κ2) is 6.26. The van der Waals surface area contributed by atoms with Gasteiger partial charge in [0, 0.05) is 5.54 Å². The maximum Gasteiger partial charge on any atom is 0.416 e. The molecule has 7 heteroatoms. The van der Waals surface area contributed by atoms with Gasteiger partial charge >= 0.3 is 12.3 Å². The minimum Gasteiger partial charge on any atom is -0.439 e. The van der Waals surface area contributed by atoms with Gasteiger partial charge in [-0.2, -0.15) is 13.2 Å². The van der Waals surface area contributed by atoms with Gasteiger partial charge in [0.05, 0.1) is 11.6 Å². The summed E-state index contributed by atoms with van der Waals surface area (Å²) in [5, 5.41) is 0. The summed E-state index contributed by atoms with van der Waals surface area (Å²) in [6.07, 6.45) is -5.36. The predicted molar refractivity (Wildman–Crippen MR) is 81.1 cm³/mol. The van der Waals surface area contributed by atoms with Crippen LogP contribution in [0.4, 0.5) is 22.4 Å². The van der Waals surface area contributed by atoms with E-state index in [1.165, 1.54) is 11.0 Å². The fraction of sp³-hybridized carbons (Fsp3) is 0.588. The Labute approximate surface area is 138 Å². The Morgan fingerprint density at radius 3 is 2.33 bits per heavy atom. The summed E-state index contributed by atoms with van der Waals surface area (Å²) in [5.41, 5.74) is -1.36. The Kier molecular flexibility index (Phi) is 4.84. The molecule has 1 aliphatic heterocycles. The largest absolute Gasteiger partial charge is 0.439 e. The van der Waals surface area contributed by atoms with Crippen molar-refractivity contribution >= 4 is 6.09 Å². The molecular formula is C17H21F4NO2. The smallest absolute Gasteiger partial charge is 0.416 e. The molecule has 2 atom stereocenters. The van der Waals surface area contributed by atoms with E-state index in [-0.39, 0.29) is 11.1 Å². The first-order valence-electron chi connectivity index (χ1n) is 7.78. The Hall–Kier alpha value is -1.79. The molecule has 0 aliphatic carbocycles. The topological polar surface area (TPSA) is 29.5 Å². The summed E-state index contributed by atoms with van der Waals surface area (Å²) < 4.78 is 57.4. The molecule has 0 aromatic heterocycles. The van der Waals surface area contributed by atoms with Gasteiger partial charge in [0.15, 0.2) is 0 Å². The van der Waals surface area contributed by atoms with Crippen LogP contribution in [0.25, 0.3) is 0 Å². The van der Waals surface area contributed by atoms with E-state index >= 15 is 0 Å². The van der Waals surface area contributed by atoms with Crippen LogP contribution in [0.2, 0.25) is 0 Å². The molecule has 0 bridgehead atoms.